The van der Waals surface area contributed by atoms with Crippen LogP contribution in [0.25, 0.3) is 5.65 Å². The lowest BCUT2D eigenvalue weighted by Gasteiger charge is -2.29. The molecule has 2 aromatic heterocycles. The molecule has 0 spiro atoms. The number of amides is 1. The van der Waals surface area contributed by atoms with E-state index in [1.807, 2.05) is 4.72 Å². The van der Waals surface area contributed by atoms with E-state index in [-0.39, 0.29) is 31.3 Å². The van der Waals surface area contributed by atoms with Crippen molar-refractivity contribution in [3.63, 3.8) is 0 Å². The summed E-state index contributed by atoms with van der Waals surface area (Å²) in [6.45, 7) is 2.89. The molecule has 4 heterocycles. The van der Waals surface area contributed by atoms with E-state index in [0.29, 0.717) is 42.3 Å². The van der Waals surface area contributed by atoms with Crippen LogP contribution in [0.15, 0.2) is 42.7 Å². The van der Waals surface area contributed by atoms with Gasteiger partial charge in [0.1, 0.15) is 35.2 Å². The minimum absolute atomic E-state index is 0.00140. The number of halogens is 2. The van der Waals surface area contributed by atoms with Gasteiger partial charge >= 0.3 is 10.2 Å². The summed E-state index contributed by atoms with van der Waals surface area (Å²) in [6.07, 6.45) is 2.37. The van der Waals surface area contributed by atoms with E-state index >= 15 is 0 Å². The van der Waals surface area contributed by atoms with E-state index < -0.39 is 34.1 Å². The van der Waals surface area contributed by atoms with E-state index in [1.54, 1.807) is 36.2 Å². The minimum Gasteiger partial charge on any atom is -0.488 e. The highest BCUT2D eigenvalue weighted by Crippen LogP contribution is 2.42. The standard InChI is InChI=1S/C25H29F2N5O5S/c1-3-30(2)38(34,35)29-25(33)22-12-28-24-7-5-18(14-32(22)24)31-13-17(27)11-21(31)20-10-16(26)4-6-23(20)37-19-8-9-36-15-19/h4-7,10,12,14,17,19,21H,3,8-9,11,13,15H2,1-2H3,(H,29,33). The number of nitrogens with one attached hydrogen (secondary N) is 1. The number of pyridine rings is 1. The summed E-state index contributed by atoms with van der Waals surface area (Å²) in [5.41, 5.74) is 1.49. The van der Waals surface area contributed by atoms with Gasteiger partial charge in [0.2, 0.25) is 0 Å². The van der Waals surface area contributed by atoms with Crippen molar-refractivity contribution < 1.29 is 31.5 Å². The fourth-order valence-electron chi connectivity index (χ4n) is 4.76. The molecule has 3 atom stereocenters. The van der Waals surface area contributed by atoms with E-state index in [0.717, 1.165) is 4.31 Å². The first-order valence-corrected chi connectivity index (χ1v) is 13.8. The lowest BCUT2D eigenvalue weighted by molar-refractivity contribution is 0.0973. The molecule has 0 radical (unpaired) electrons. The van der Waals surface area contributed by atoms with Gasteiger partial charge in [0.05, 0.1) is 31.1 Å². The van der Waals surface area contributed by atoms with Gasteiger partial charge in [-0.25, -0.2) is 18.5 Å². The van der Waals surface area contributed by atoms with Gasteiger partial charge < -0.3 is 14.4 Å². The lowest BCUT2D eigenvalue weighted by atomic mass is 10.0. The van der Waals surface area contributed by atoms with Gasteiger partial charge in [0.15, 0.2) is 0 Å². The molecule has 3 aromatic rings. The number of nitrogens with zero attached hydrogens (tertiary/aromatic N) is 4. The molecule has 0 aliphatic carbocycles. The van der Waals surface area contributed by atoms with Crippen molar-refractivity contribution in [1.82, 2.24) is 18.4 Å². The van der Waals surface area contributed by atoms with Crippen molar-refractivity contribution in [2.75, 3.05) is 38.3 Å². The zero-order chi connectivity index (χ0) is 27.0. The van der Waals surface area contributed by atoms with Gasteiger partial charge in [-0.15, -0.1) is 0 Å². The number of anilines is 1. The first-order valence-electron chi connectivity index (χ1n) is 12.4. The average Bonchev–Trinajstić information content (AvgIpc) is 3.63. The Morgan fingerprint density at radius 1 is 1.32 bits per heavy atom. The van der Waals surface area contributed by atoms with Crippen LogP contribution in [-0.2, 0) is 14.9 Å². The number of carbonyl (C=O) groups is 1. The Labute approximate surface area is 219 Å². The molecule has 2 fully saturated rings. The number of aromatic nitrogens is 2. The van der Waals surface area contributed by atoms with Crippen LogP contribution < -0.4 is 14.4 Å². The van der Waals surface area contributed by atoms with Crippen molar-refractivity contribution >= 4 is 27.5 Å². The summed E-state index contributed by atoms with van der Waals surface area (Å²) in [5.74, 6) is -0.838. The van der Waals surface area contributed by atoms with E-state index in [4.69, 9.17) is 9.47 Å². The smallest absolute Gasteiger partial charge is 0.303 e. The van der Waals surface area contributed by atoms with E-state index in [1.165, 1.54) is 29.8 Å². The quantitative estimate of drug-likeness (QED) is 0.461. The molecule has 1 N–H and O–H groups in total. The Morgan fingerprint density at radius 3 is 2.87 bits per heavy atom. The topological polar surface area (TPSA) is 105 Å². The van der Waals surface area contributed by atoms with Crippen LogP contribution >= 0.6 is 0 Å². The molecular formula is C25H29F2N5O5S. The molecule has 10 nitrogen and oxygen atoms in total. The maximum Gasteiger partial charge on any atom is 0.303 e. The second kappa shape index (κ2) is 10.5. The summed E-state index contributed by atoms with van der Waals surface area (Å²) < 4.78 is 69.9. The summed E-state index contributed by atoms with van der Waals surface area (Å²) in [6, 6.07) is 7.09. The van der Waals surface area contributed by atoms with Crippen molar-refractivity contribution in [2.24, 2.45) is 0 Å². The van der Waals surface area contributed by atoms with Gasteiger partial charge in [0.25, 0.3) is 5.91 Å². The van der Waals surface area contributed by atoms with Crippen molar-refractivity contribution in [1.29, 1.82) is 0 Å². The first-order chi connectivity index (χ1) is 18.2. The van der Waals surface area contributed by atoms with Crippen molar-refractivity contribution in [3.05, 3.63) is 59.8 Å². The second-order valence-electron chi connectivity index (χ2n) is 9.40. The van der Waals surface area contributed by atoms with Crippen molar-refractivity contribution in [3.8, 4) is 5.75 Å². The third-order valence-corrected chi connectivity index (χ3v) is 8.42. The number of rotatable bonds is 8. The van der Waals surface area contributed by atoms with E-state index in [2.05, 4.69) is 4.98 Å². The Hall–Kier alpha value is -3.29. The highest BCUT2D eigenvalue weighted by atomic mass is 32.2. The summed E-state index contributed by atoms with van der Waals surface area (Å²) in [4.78, 5) is 18.8. The third-order valence-electron chi connectivity index (χ3n) is 6.89. The normalized spacial score (nSPS) is 21.9. The fourth-order valence-corrected chi connectivity index (χ4v) is 5.60. The Morgan fingerprint density at radius 2 is 2.13 bits per heavy atom. The Balaban J connectivity index is 1.48. The molecule has 3 unspecified atom stereocenters. The number of imidazole rings is 1. The predicted octanol–water partition coefficient (Wildman–Crippen LogP) is 2.86. The maximum absolute atomic E-state index is 14.8. The van der Waals surface area contributed by atoms with Crippen LogP contribution in [-0.4, -0.2) is 73.6 Å². The molecule has 1 amide bonds. The number of carbonyl (C=O) groups excluding carboxylic acids is 1. The molecule has 1 aromatic carbocycles. The number of hydrogen-bond donors (Lipinski definition) is 1. The maximum atomic E-state index is 14.8. The SMILES string of the molecule is CCN(C)S(=O)(=O)NC(=O)c1cnc2ccc(N3CC(F)CC3c3cc(F)ccc3OC3CCOC3)cn12. The summed E-state index contributed by atoms with van der Waals surface area (Å²) in [7, 11) is -2.67. The van der Waals surface area contributed by atoms with Crippen LogP contribution in [0.3, 0.4) is 0 Å². The number of benzene rings is 1. The molecule has 5 rings (SSSR count). The van der Waals surface area contributed by atoms with Gasteiger partial charge in [-0.2, -0.15) is 12.7 Å². The predicted molar refractivity (Wildman–Crippen MR) is 136 cm³/mol. The molecule has 0 saturated carbocycles. The molecule has 2 saturated heterocycles. The zero-order valence-corrected chi connectivity index (χ0v) is 21.8. The van der Waals surface area contributed by atoms with Crippen molar-refractivity contribution in [2.45, 2.75) is 38.1 Å². The molecule has 38 heavy (non-hydrogen) atoms. The Kier molecular flexibility index (Phi) is 7.25. The number of hydrogen-bond acceptors (Lipinski definition) is 7. The largest absolute Gasteiger partial charge is 0.488 e. The number of alkyl halides is 1. The average molecular weight is 550 g/mol. The monoisotopic (exact) mass is 549 g/mol. The fraction of sp³-hybridized carbons (Fsp3) is 0.440. The molecule has 204 valence electrons. The lowest BCUT2D eigenvalue weighted by Crippen LogP contribution is -2.41. The molecule has 2 aliphatic rings. The zero-order valence-electron chi connectivity index (χ0n) is 21.0. The van der Waals surface area contributed by atoms with Gasteiger partial charge in [-0.05, 0) is 30.3 Å². The van der Waals surface area contributed by atoms with Gasteiger partial charge in [-0.1, -0.05) is 6.92 Å². The van der Waals surface area contributed by atoms with Crippen LogP contribution in [0.4, 0.5) is 14.5 Å². The highest BCUT2D eigenvalue weighted by molar-refractivity contribution is 7.87. The highest BCUT2D eigenvalue weighted by Gasteiger charge is 2.36. The van der Waals surface area contributed by atoms with Crippen LogP contribution in [0.2, 0.25) is 0 Å². The first kappa shape index (κ1) is 26.3. The Bertz CT molecular complexity index is 1440. The van der Waals surface area contributed by atoms with Gasteiger partial charge in [-0.3, -0.25) is 9.20 Å². The van der Waals surface area contributed by atoms with Crippen LogP contribution in [0.5, 0.6) is 5.75 Å². The number of fused-ring (bicyclic) bond motifs is 1. The second-order valence-corrected chi connectivity index (χ2v) is 11.2. The van der Waals surface area contributed by atoms with E-state index in [9.17, 15) is 22.0 Å². The molecular weight excluding hydrogens is 520 g/mol. The molecule has 13 heteroatoms. The minimum atomic E-state index is -4.03. The van der Waals surface area contributed by atoms with Gasteiger partial charge in [0, 0.05) is 44.7 Å². The van der Waals surface area contributed by atoms with Crippen LogP contribution in [0.1, 0.15) is 41.9 Å². The summed E-state index contributed by atoms with van der Waals surface area (Å²) in [5, 5.41) is 0. The molecule has 0 bridgehead atoms. The number of ether oxygens (including phenoxy) is 2. The molecule has 2 aliphatic heterocycles. The third kappa shape index (κ3) is 5.18. The summed E-state index contributed by atoms with van der Waals surface area (Å²) >= 11 is 0. The van der Waals surface area contributed by atoms with Crippen LogP contribution in [0, 0.1) is 5.82 Å².